The molecule has 0 saturated heterocycles. The van der Waals surface area contributed by atoms with Crippen molar-refractivity contribution < 1.29 is 10.1 Å². The Morgan fingerprint density at radius 1 is 1.00 bits per heavy atom. The van der Waals surface area contributed by atoms with Gasteiger partial charge in [-0.05, 0) is 55.8 Å². The second-order valence-electron chi connectivity index (χ2n) is 7.71. The molecule has 0 unspecified atom stereocenters. The molecule has 0 aromatic heterocycles. The summed E-state index contributed by atoms with van der Waals surface area (Å²) >= 11 is 0. The Bertz CT molecular complexity index is 499. The van der Waals surface area contributed by atoms with Gasteiger partial charge < -0.3 is 10.6 Å². The summed E-state index contributed by atoms with van der Waals surface area (Å²) < 4.78 is 0. The quantitative estimate of drug-likeness (QED) is 0.854. The van der Waals surface area contributed by atoms with Crippen LogP contribution in [0.15, 0.2) is 30.3 Å². The van der Waals surface area contributed by atoms with E-state index < -0.39 is 0 Å². The molecule has 0 aliphatic heterocycles. The molecule has 1 aromatic carbocycles. The molecule has 4 aliphatic rings. The Hall–Kier alpha value is -1.35. The lowest BCUT2D eigenvalue weighted by Crippen LogP contribution is -2.85. The molecule has 4 aliphatic carbocycles. The molecule has 22 heavy (non-hydrogen) atoms. The standard InChI is InChI=1S/C19H26N2O/c22-18(12-20-11-13-4-2-1-3-5-13)21-19-16-7-14-6-15(9-16)10-17(19)8-14/h1-5,14-17,19-20H,6-12H2,(H,21,22)/p+1. The number of nitrogens with one attached hydrogen (secondary N) is 1. The van der Waals surface area contributed by atoms with Gasteiger partial charge in [0.15, 0.2) is 6.54 Å². The van der Waals surface area contributed by atoms with Gasteiger partial charge in [-0.15, -0.1) is 0 Å². The Labute approximate surface area is 132 Å². The first-order chi connectivity index (χ1) is 10.8. The summed E-state index contributed by atoms with van der Waals surface area (Å²) in [5.74, 6) is 3.72. The van der Waals surface area contributed by atoms with E-state index in [1.807, 2.05) is 6.07 Å². The van der Waals surface area contributed by atoms with Gasteiger partial charge in [0, 0.05) is 11.6 Å². The summed E-state index contributed by atoms with van der Waals surface area (Å²) in [6, 6.07) is 10.8. The van der Waals surface area contributed by atoms with Crippen LogP contribution >= 0.6 is 0 Å². The fourth-order valence-electron chi connectivity index (χ4n) is 5.39. The highest BCUT2D eigenvalue weighted by Gasteiger charge is 2.48. The van der Waals surface area contributed by atoms with Gasteiger partial charge in [-0.2, -0.15) is 0 Å². The Morgan fingerprint density at radius 3 is 2.27 bits per heavy atom. The highest BCUT2D eigenvalue weighted by Crippen LogP contribution is 2.53. The van der Waals surface area contributed by atoms with E-state index in [9.17, 15) is 4.79 Å². The second kappa shape index (κ2) is 6.04. The zero-order valence-corrected chi connectivity index (χ0v) is 13.2. The lowest BCUT2D eigenvalue weighted by atomic mass is 9.54. The number of hydrogen-bond donors (Lipinski definition) is 2. The maximum Gasteiger partial charge on any atom is 0.275 e. The lowest BCUT2D eigenvalue weighted by molar-refractivity contribution is -0.660. The van der Waals surface area contributed by atoms with Crippen LogP contribution in [0.1, 0.15) is 37.7 Å². The van der Waals surface area contributed by atoms with Crippen molar-refractivity contribution in [2.75, 3.05) is 6.54 Å². The summed E-state index contributed by atoms with van der Waals surface area (Å²) in [6.07, 6.45) is 6.94. The maximum absolute atomic E-state index is 12.3. The number of quaternary nitrogens is 1. The molecule has 3 N–H and O–H groups in total. The molecular weight excluding hydrogens is 272 g/mol. The van der Waals surface area contributed by atoms with Crippen molar-refractivity contribution in [1.29, 1.82) is 0 Å². The molecule has 118 valence electrons. The molecule has 4 saturated carbocycles. The zero-order valence-electron chi connectivity index (χ0n) is 13.2. The first-order valence-corrected chi connectivity index (χ1v) is 8.93. The Morgan fingerprint density at radius 2 is 1.64 bits per heavy atom. The SMILES string of the molecule is O=C(C[NH2+]Cc1ccccc1)NC1C2CC3CC(C2)CC1C3. The van der Waals surface area contributed by atoms with E-state index in [0.29, 0.717) is 12.6 Å². The predicted molar refractivity (Wildman–Crippen MR) is 85.9 cm³/mol. The monoisotopic (exact) mass is 299 g/mol. The van der Waals surface area contributed by atoms with Gasteiger partial charge in [-0.3, -0.25) is 4.79 Å². The molecule has 0 spiro atoms. The van der Waals surface area contributed by atoms with Crippen LogP contribution in [0.2, 0.25) is 0 Å². The fourth-order valence-corrected chi connectivity index (χ4v) is 5.39. The molecule has 4 bridgehead atoms. The Balaban J connectivity index is 1.26. The summed E-state index contributed by atoms with van der Waals surface area (Å²) in [5, 5.41) is 5.49. The molecule has 0 heterocycles. The summed E-state index contributed by atoms with van der Waals surface area (Å²) in [6.45, 7) is 1.44. The number of amides is 1. The number of carbonyl (C=O) groups is 1. The van der Waals surface area contributed by atoms with Gasteiger partial charge in [0.05, 0.1) is 0 Å². The van der Waals surface area contributed by atoms with Crippen LogP contribution in [0.5, 0.6) is 0 Å². The highest BCUT2D eigenvalue weighted by molar-refractivity contribution is 5.77. The van der Waals surface area contributed by atoms with Crippen molar-refractivity contribution in [3.05, 3.63) is 35.9 Å². The number of rotatable bonds is 5. The van der Waals surface area contributed by atoms with E-state index in [2.05, 4.69) is 34.9 Å². The average Bonchev–Trinajstić information content (AvgIpc) is 2.51. The van der Waals surface area contributed by atoms with Crippen LogP contribution in [0.25, 0.3) is 0 Å². The topological polar surface area (TPSA) is 45.7 Å². The van der Waals surface area contributed by atoms with Crippen LogP contribution in [-0.4, -0.2) is 18.5 Å². The minimum Gasteiger partial charge on any atom is -0.348 e. The summed E-state index contributed by atoms with van der Waals surface area (Å²) in [4.78, 5) is 12.3. The van der Waals surface area contributed by atoms with Crippen molar-refractivity contribution >= 4 is 5.91 Å². The van der Waals surface area contributed by atoms with Gasteiger partial charge >= 0.3 is 0 Å². The van der Waals surface area contributed by atoms with E-state index in [1.54, 1.807) is 0 Å². The van der Waals surface area contributed by atoms with Crippen molar-refractivity contribution in [3.8, 4) is 0 Å². The smallest absolute Gasteiger partial charge is 0.275 e. The second-order valence-corrected chi connectivity index (χ2v) is 7.71. The van der Waals surface area contributed by atoms with Crippen LogP contribution in [0.4, 0.5) is 0 Å². The largest absolute Gasteiger partial charge is 0.348 e. The molecule has 0 atom stereocenters. The first-order valence-electron chi connectivity index (χ1n) is 8.93. The van der Waals surface area contributed by atoms with E-state index in [0.717, 1.165) is 30.2 Å². The lowest BCUT2D eigenvalue weighted by Gasteiger charge is -2.54. The van der Waals surface area contributed by atoms with E-state index in [-0.39, 0.29) is 5.91 Å². The van der Waals surface area contributed by atoms with Crippen LogP contribution in [0, 0.1) is 23.7 Å². The Kier molecular flexibility index (Phi) is 3.91. The van der Waals surface area contributed by atoms with Crippen LogP contribution in [-0.2, 0) is 11.3 Å². The number of nitrogens with two attached hydrogens (primary N) is 1. The molecule has 0 radical (unpaired) electrons. The third kappa shape index (κ3) is 2.91. The normalized spacial score (nSPS) is 35.5. The van der Waals surface area contributed by atoms with Gasteiger partial charge in [-0.1, -0.05) is 30.3 Å². The molecule has 4 fully saturated rings. The minimum absolute atomic E-state index is 0.230. The molecular formula is C19H27N2O+. The van der Waals surface area contributed by atoms with Crippen molar-refractivity contribution in [1.82, 2.24) is 5.32 Å². The van der Waals surface area contributed by atoms with E-state index in [4.69, 9.17) is 0 Å². The number of carbonyl (C=O) groups excluding carboxylic acids is 1. The van der Waals surface area contributed by atoms with Crippen LogP contribution in [0.3, 0.4) is 0 Å². The third-order valence-corrected chi connectivity index (χ3v) is 6.11. The molecule has 5 rings (SSSR count). The average molecular weight is 299 g/mol. The van der Waals surface area contributed by atoms with E-state index in [1.165, 1.54) is 37.7 Å². The molecule has 3 heteroatoms. The number of hydrogen-bond acceptors (Lipinski definition) is 1. The van der Waals surface area contributed by atoms with Crippen LogP contribution < -0.4 is 10.6 Å². The zero-order chi connectivity index (χ0) is 14.9. The minimum atomic E-state index is 0.230. The number of benzene rings is 1. The van der Waals surface area contributed by atoms with Gasteiger partial charge in [0.2, 0.25) is 0 Å². The first kappa shape index (κ1) is 14.3. The highest BCUT2D eigenvalue weighted by atomic mass is 16.2. The van der Waals surface area contributed by atoms with Crippen molar-refractivity contribution in [2.24, 2.45) is 23.7 Å². The molecule has 1 aromatic rings. The van der Waals surface area contributed by atoms with Gasteiger partial charge in [0.25, 0.3) is 5.91 Å². The van der Waals surface area contributed by atoms with Crippen molar-refractivity contribution in [2.45, 2.75) is 44.7 Å². The van der Waals surface area contributed by atoms with Gasteiger partial charge in [0.1, 0.15) is 6.54 Å². The third-order valence-electron chi connectivity index (χ3n) is 6.11. The van der Waals surface area contributed by atoms with Gasteiger partial charge in [-0.25, -0.2) is 0 Å². The molecule has 1 amide bonds. The predicted octanol–water partition coefficient (Wildman–Crippen LogP) is 1.69. The van der Waals surface area contributed by atoms with Crippen molar-refractivity contribution in [3.63, 3.8) is 0 Å². The summed E-state index contributed by atoms with van der Waals surface area (Å²) in [7, 11) is 0. The molecule has 3 nitrogen and oxygen atoms in total. The maximum atomic E-state index is 12.3. The van der Waals surface area contributed by atoms with E-state index >= 15 is 0 Å². The fraction of sp³-hybridized carbons (Fsp3) is 0.632. The summed E-state index contributed by atoms with van der Waals surface area (Å²) in [5.41, 5.74) is 1.28.